The molecule has 1 aliphatic rings. The monoisotopic (exact) mass is 284 g/mol. The molecule has 0 saturated heterocycles. The van der Waals surface area contributed by atoms with Crippen LogP contribution in [0, 0.1) is 0 Å². The Labute approximate surface area is 110 Å². The van der Waals surface area contributed by atoms with E-state index in [0.29, 0.717) is 17.7 Å². The number of thioether (sulfide) groups is 1. The lowest BCUT2D eigenvalue weighted by atomic mass is 10.0. The summed E-state index contributed by atoms with van der Waals surface area (Å²) in [6.45, 7) is 0.320. The fourth-order valence-electron chi connectivity index (χ4n) is 1.81. The molecule has 0 fully saturated rings. The molecule has 1 aromatic rings. The lowest BCUT2D eigenvalue weighted by Crippen LogP contribution is -2.10. The third-order valence-corrected chi connectivity index (χ3v) is 4.59. The number of benzene rings is 1. The first-order valence-corrected chi connectivity index (χ1v) is 8.27. The summed E-state index contributed by atoms with van der Waals surface area (Å²) in [7, 11) is -3.37. The number of hydrogen-bond acceptors (Lipinski definition) is 5. The third-order valence-electron chi connectivity index (χ3n) is 2.68. The van der Waals surface area contributed by atoms with E-state index in [1.807, 2.05) is 12.3 Å². The van der Waals surface area contributed by atoms with Crippen LogP contribution in [0.15, 0.2) is 23.3 Å². The van der Waals surface area contributed by atoms with Crippen LogP contribution in [-0.2, 0) is 21.2 Å². The quantitative estimate of drug-likeness (QED) is 0.628. The van der Waals surface area contributed by atoms with Gasteiger partial charge in [-0.1, -0.05) is 0 Å². The van der Waals surface area contributed by atoms with Gasteiger partial charge in [0, 0.05) is 22.3 Å². The molecule has 0 aliphatic carbocycles. The highest BCUT2D eigenvalue weighted by Gasteiger charge is 2.23. The normalized spacial score (nSPS) is 14.4. The molecule has 0 radical (unpaired) electrons. The molecule has 0 N–H and O–H groups in total. The molecule has 0 aromatic heterocycles. The molecular weight excluding hydrogens is 272 g/mol. The standard InChI is InChI=1S/C12H12O4S2/c1-17-11-4-9-6-16-7-12(18(2,14)15)10(9)3-8(11)5-13/h3-5,7H,6H2,1-2H3. The van der Waals surface area contributed by atoms with Crippen molar-refractivity contribution >= 4 is 32.8 Å². The second-order valence-electron chi connectivity index (χ2n) is 3.93. The first-order valence-electron chi connectivity index (χ1n) is 5.15. The maximum atomic E-state index is 11.7. The van der Waals surface area contributed by atoms with Gasteiger partial charge in [-0.3, -0.25) is 4.79 Å². The third kappa shape index (κ3) is 2.30. The predicted octanol–water partition coefficient (Wildman–Crippen LogP) is 2.09. The molecule has 0 atom stereocenters. The van der Waals surface area contributed by atoms with Crippen molar-refractivity contribution in [3.05, 3.63) is 35.1 Å². The summed E-state index contributed by atoms with van der Waals surface area (Å²) in [5.74, 6) is 0. The van der Waals surface area contributed by atoms with Crippen LogP contribution >= 0.6 is 11.8 Å². The van der Waals surface area contributed by atoms with Crippen LogP contribution in [0.2, 0.25) is 0 Å². The van der Waals surface area contributed by atoms with Crippen molar-refractivity contribution in [2.24, 2.45) is 0 Å². The minimum Gasteiger partial charge on any atom is -0.495 e. The fraction of sp³-hybridized carbons (Fsp3) is 0.250. The Kier molecular flexibility index (Phi) is 3.49. The highest BCUT2D eigenvalue weighted by molar-refractivity contribution is 8.00. The molecule has 4 nitrogen and oxygen atoms in total. The average Bonchev–Trinajstić information content (AvgIpc) is 2.35. The van der Waals surface area contributed by atoms with Crippen molar-refractivity contribution in [3.8, 4) is 0 Å². The van der Waals surface area contributed by atoms with Crippen LogP contribution in [-0.4, -0.2) is 27.2 Å². The fourth-order valence-corrected chi connectivity index (χ4v) is 3.25. The molecule has 1 aliphatic heterocycles. The van der Waals surface area contributed by atoms with E-state index in [2.05, 4.69) is 0 Å². The zero-order valence-corrected chi connectivity index (χ0v) is 11.6. The largest absolute Gasteiger partial charge is 0.495 e. The van der Waals surface area contributed by atoms with Crippen LogP contribution in [0.5, 0.6) is 0 Å². The first kappa shape index (κ1) is 13.2. The summed E-state index contributed by atoms with van der Waals surface area (Å²) in [6, 6.07) is 3.42. The van der Waals surface area contributed by atoms with Crippen molar-refractivity contribution < 1.29 is 17.9 Å². The van der Waals surface area contributed by atoms with Gasteiger partial charge in [-0.25, -0.2) is 8.42 Å². The molecule has 0 saturated carbocycles. The molecule has 6 heteroatoms. The topological polar surface area (TPSA) is 60.4 Å². The van der Waals surface area contributed by atoms with Gasteiger partial charge < -0.3 is 4.74 Å². The van der Waals surface area contributed by atoms with Gasteiger partial charge in [-0.05, 0) is 24.0 Å². The van der Waals surface area contributed by atoms with Gasteiger partial charge in [-0.15, -0.1) is 11.8 Å². The Morgan fingerprint density at radius 1 is 1.39 bits per heavy atom. The van der Waals surface area contributed by atoms with Gasteiger partial charge in [0.15, 0.2) is 16.1 Å². The Morgan fingerprint density at radius 3 is 2.67 bits per heavy atom. The van der Waals surface area contributed by atoms with Crippen molar-refractivity contribution in [1.29, 1.82) is 0 Å². The second kappa shape index (κ2) is 4.78. The van der Waals surface area contributed by atoms with Crippen molar-refractivity contribution in [3.63, 3.8) is 0 Å². The van der Waals surface area contributed by atoms with E-state index in [0.717, 1.165) is 23.0 Å². The van der Waals surface area contributed by atoms with Crippen molar-refractivity contribution in [2.75, 3.05) is 12.5 Å². The Balaban J connectivity index is 2.68. The smallest absolute Gasteiger partial charge is 0.179 e. The van der Waals surface area contributed by atoms with Crippen LogP contribution < -0.4 is 0 Å². The van der Waals surface area contributed by atoms with E-state index in [-0.39, 0.29) is 4.91 Å². The maximum absolute atomic E-state index is 11.7. The van der Waals surface area contributed by atoms with Crippen LogP contribution in [0.1, 0.15) is 21.5 Å². The molecule has 0 spiro atoms. The molecule has 18 heavy (non-hydrogen) atoms. The average molecular weight is 284 g/mol. The number of aldehydes is 1. The molecule has 0 bridgehead atoms. The van der Waals surface area contributed by atoms with E-state index in [1.165, 1.54) is 18.0 Å². The molecule has 1 heterocycles. The maximum Gasteiger partial charge on any atom is 0.179 e. The SMILES string of the molecule is CSc1cc2c(cc1C=O)C(S(C)(=O)=O)=COC2. The second-order valence-corrected chi connectivity index (χ2v) is 6.77. The van der Waals surface area contributed by atoms with Gasteiger partial charge in [-0.2, -0.15) is 0 Å². The lowest BCUT2D eigenvalue weighted by Gasteiger charge is -2.18. The molecule has 2 rings (SSSR count). The molecule has 0 amide bonds. The van der Waals surface area contributed by atoms with E-state index in [9.17, 15) is 13.2 Å². The highest BCUT2D eigenvalue weighted by atomic mass is 32.2. The molecule has 0 unspecified atom stereocenters. The molecule has 1 aromatic carbocycles. The van der Waals surface area contributed by atoms with E-state index in [4.69, 9.17) is 4.74 Å². The Hall–Kier alpha value is -1.27. The number of carbonyl (C=O) groups excluding carboxylic acids is 1. The number of carbonyl (C=O) groups is 1. The Morgan fingerprint density at radius 2 is 2.11 bits per heavy atom. The summed E-state index contributed by atoms with van der Waals surface area (Å²) in [4.78, 5) is 12.0. The van der Waals surface area contributed by atoms with E-state index < -0.39 is 9.84 Å². The van der Waals surface area contributed by atoms with Crippen LogP contribution in [0.3, 0.4) is 0 Å². The van der Waals surface area contributed by atoms with Crippen LogP contribution in [0.4, 0.5) is 0 Å². The summed E-state index contributed by atoms with van der Waals surface area (Å²) >= 11 is 1.45. The zero-order chi connectivity index (χ0) is 13.3. The predicted molar refractivity (Wildman–Crippen MR) is 71.2 cm³/mol. The van der Waals surface area contributed by atoms with Gasteiger partial charge in [0.05, 0.1) is 0 Å². The summed E-state index contributed by atoms with van der Waals surface area (Å²) in [5, 5.41) is 0. The number of hydrogen-bond donors (Lipinski definition) is 0. The number of ether oxygens (including phenoxy) is 1. The van der Waals surface area contributed by atoms with Crippen molar-refractivity contribution in [2.45, 2.75) is 11.5 Å². The van der Waals surface area contributed by atoms with E-state index >= 15 is 0 Å². The lowest BCUT2D eigenvalue weighted by molar-refractivity contribution is 0.112. The molecular formula is C12H12O4S2. The summed E-state index contributed by atoms with van der Waals surface area (Å²) in [5.41, 5.74) is 1.84. The van der Waals surface area contributed by atoms with Gasteiger partial charge in [0.2, 0.25) is 0 Å². The van der Waals surface area contributed by atoms with Crippen molar-refractivity contribution in [1.82, 2.24) is 0 Å². The molecule has 96 valence electrons. The number of fused-ring (bicyclic) bond motifs is 1. The summed E-state index contributed by atoms with van der Waals surface area (Å²) in [6.07, 6.45) is 4.97. The first-order chi connectivity index (χ1) is 8.47. The Bertz CT molecular complexity index is 630. The minimum absolute atomic E-state index is 0.125. The van der Waals surface area contributed by atoms with Crippen LogP contribution in [0.25, 0.3) is 4.91 Å². The minimum atomic E-state index is -3.37. The van der Waals surface area contributed by atoms with Gasteiger partial charge in [0.25, 0.3) is 0 Å². The number of sulfone groups is 1. The highest BCUT2D eigenvalue weighted by Crippen LogP contribution is 2.33. The number of rotatable bonds is 3. The zero-order valence-electron chi connectivity index (χ0n) is 9.97. The van der Waals surface area contributed by atoms with E-state index in [1.54, 1.807) is 6.07 Å². The summed E-state index contributed by atoms with van der Waals surface area (Å²) < 4.78 is 28.5. The van der Waals surface area contributed by atoms with Gasteiger partial charge in [0.1, 0.15) is 17.8 Å². The van der Waals surface area contributed by atoms with Gasteiger partial charge >= 0.3 is 0 Å².